The van der Waals surface area contributed by atoms with Gasteiger partial charge in [0.1, 0.15) is 0 Å². The topological polar surface area (TPSA) is 6.48 Å². The molecule has 0 amide bonds. The molecule has 0 saturated heterocycles. The fourth-order valence-electron chi connectivity index (χ4n) is 15.0. The number of hydrogen-bond acceptors (Lipinski definition) is 2. The van der Waals surface area contributed by atoms with Gasteiger partial charge in [-0.3, -0.25) is 0 Å². The van der Waals surface area contributed by atoms with Crippen molar-refractivity contribution in [2.24, 2.45) is 11.8 Å². The van der Waals surface area contributed by atoms with Crippen LogP contribution in [-0.4, -0.2) is 6.71 Å². The van der Waals surface area contributed by atoms with Crippen molar-refractivity contribution >= 4 is 57.2 Å². The average molecular weight is 1080 g/mol. The first-order valence-corrected chi connectivity index (χ1v) is 30.7. The lowest BCUT2D eigenvalue weighted by Gasteiger charge is -2.46. The Kier molecular flexibility index (Phi) is 12.6. The summed E-state index contributed by atoms with van der Waals surface area (Å²) in [6.45, 7) is 13.7. The van der Waals surface area contributed by atoms with Gasteiger partial charge in [-0.05, 0) is 150 Å². The minimum Gasteiger partial charge on any atom is -0.310 e. The van der Waals surface area contributed by atoms with Crippen LogP contribution in [0.15, 0.2) is 255 Å². The Morgan fingerprint density at radius 1 is 0.333 bits per heavy atom. The van der Waals surface area contributed by atoms with E-state index in [1.165, 1.54) is 160 Å². The molecule has 84 heavy (non-hydrogen) atoms. The van der Waals surface area contributed by atoms with Crippen molar-refractivity contribution in [3.63, 3.8) is 0 Å². The molecule has 3 atom stereocenters. The van der Waals surface area contributed by atoms with Crippen molar-refractivity contribution in [3.05, 3.63) is 271 Å². The van der Waals surface area contributed by atoms with Crippen molar-refractivity contribution in [2.75, 3.05) is 9.80 Å². The molecule has 3 heteroatoms. The highest BCUT2D eigenvalue weighted by molar-refractivity contribution is 7.00. The first-order chi connectivity index (χ1) is 40.9. The third-order valence-electron chi connectivity index (χ3n) is 19.3. The van der Waals surface area contributed by atoms with Crippen LogP contribution in [0.1, 0.15) is 89.8 Å². The summed E-state index contributed by atoms with van der Waals surface area (Å²) in [5.41, 5.74) is 30.0. The summed E-state index contributed by atoms with van der Waals surface area (Å²) >= 11 is 0. The Bertz CT molecular complexity index is 3890. The maximum absolute atomic E-state index is 2.73. The molecule has 0 spiro atoms. The van der Waals surface area contributed by atoms with Gasteiger partial charge < -0.3 is 9.80 Å². The fourth-order valence-corrected chi connectivity index (χ4v) is 15.0. The van der Waals surface area contributed by atoms with Gasteiger partial charge in [0.15, 0.2) is 0 Å². The first kappa shape index (κ1) is 51.9. The number of anilines is 6. The standard InChI is InChI=1S/C81H71BN2/c1-80(2,3)64-41-35-54(36-42-64)60-39-45-73-71(49-60)82-72-50-61(55-37-43-65(44-38-55)81(4,5)6)40-46-74(72)84(79-68(58-25-15-9-16-26-58)31-20-32-69(79)59-27-17-10-18-28-59)76-52-63(70-48-53-33-34-62(70)47-53)51-75(77(76)82)83(73)78-66(56-21-11-7-12-22-56)29-19-30-67(78)57-23-13-8-14-24-57/h7-32,35-46,49-53,62,70H,33-34,47-48H2,1-6H3/t53-,62+,70?/m0/s1. The van der Waals surface area contributed by atoms with Crippen LogP contribution in [0.2, 0.25) is 0 Å². The molecule has 0 aromatic heterocycles. The number of rotatable bonds is 9. The smallest absolute Gasteiger partial charge is 0.252 e. The lowest BCUT2D eigenvalue weighted by Crippen LogP contribution is -2.61. The van der Waals surface area contributed by atoms with Crippen molar-refractivity contribution < 1.29 is 0 Å². The molecule has 2 nitrogen and oxygen atoms in total. The maximum atomic E-state index is 2.73. The zero-order valence-electron chi connectivity index (χ0n) is 49.3. The van der Waals surface area contributed by atoms with Gasteiger partial charge in [-0.1, -0.05) is 278 Å². The SMILES string of the molecule is CC(C)(C)c1ccc(-c2ccc3c(c2)B2c4cc(-c5ccc(C(C)(C)C)cc5)ccc4N(c4c(-c5ccccc5)cccc4-c4ccccc4)c4cc(C5C[C@H]6CC[C@@H]5C6)cc(c42)N3c2c(-c3ccccc3)cccc2-c2ccccc2)cc1. The summed E-state index contributed by atoms with van der Waals surface area (Å²) in [6, 6.07) is 97.6. The van der Waals surface area contributed by atoms with Crippen LogP contribution in [0.25, 0.3) is 66.8 Å². The number of nitrogens with zero attached hydrogens (tertiary/aromatic N) is 2. The fraction of sp³-hybridized carbons (Fsp3) is 0.185. The molecule has 0 radical (unpaired) electrons. The molecule has 2 fully saturated rings. The molecule has 11 aromatic rings. The van der Waals surface area contributed by atoms with Gasteiger partial charge in [-0.2, -0.15) is 0 Å². The summed E-state index contributed by atoms with van der Waals surface area (Å²) in [7, 11) is 0. The molecule has 15 rings (SSSR count). The first-order valence-electron chi connectivity index (χ1n) is 30.7. The Morgan fingerprint density at radius 3 is 1.04 bits per heavy atom. The maximum Gasteiger partial charge on any atom is 0.252 e. The molecular formula is C81H71BN2. The molecule has 2 saturated carbocycles. The van der Waals surface area contributed by atoms with E-state index in [0.29, 0.717) is 11.8 Å². The lowest BCUT2D eigenvalue weighted by atomic mass is 9.33. The number of benzene rings is 11. The number of fused-ring (bicyclic) bond motifs is 6. The third kappa shape index (κ3) is 8.94. The van der Waals surface area contributed by atoms with Crippen LogP contribution < -0.4 is 26.2 Å². The molecule has 2 aliphatic carbocycles. The van der Waals surface area contributed by atoms with Crippen molar-refractivity contribution in [2.45, 2.75) is 84.0 Å². The highest BCUT2D eigenvalue weighted by Crippen LogP contribution is 2.57. The quantitative estimate of drug-likeness (QED) is 0.133. The van der Waals surface area contributed by atoms with Crippen LogP contribution in [-0.2, 0) is 10.8 Å². The summed E-state index contributed by atoms with van der Waals surface area (Å²) in [5.74, 6) is 1.90. The molecule has 11 aromatic carbocycles. The zero-order valence-corrected chi connectivity index (χ0v) is 49.3. The summed E-state index contributed by atoms with van der Waals surface area (Å²) in [5, 5.41) is 0. The van der Waals surface area contributed by atoms with E-state index >= 15 is 0 Å². The van der Waals surface area contributed by atoms with Crippen LogP contribution in [0, 0.1) is 11.8 Å². The van der Waals surface area contributed by atoms with Gasteiger partial charge in [0, 0.05) is 45.0 Å². The van der Waals surface area contributed by atoms with E-state index in [-0.39, 0.29) is 17.5 Å². The van der Waals surface area contributed by atoms with Gasteiger partial charge in [0.05, 0.1) is 11.4 Å². The van der Waals surface area contributed by atoms with E-state index in [4.69, 9.17) is 0 Å². The van der Waals surface area contributed by atoms with Gasteiger partial charge >= 0.3 is 0 Å². The van der Waals surface area contributed by atoms with E-state index in [9.17, 15) is 0 Å². The number of hydrogen-bond donors (Lipinski definition) is 0. The Hall–Kier alpha value is -8.92. The summed E-state index contributed by atoms with van der Waals surface area (Å²) in [6.07, 6.45) is 5.20. The monoisotopic (exact) mass is 1080 g/mol. The normalized spacial score (nSPS) is 16.8. The van der Waals surface area contributed by atoms with E-state index in [0.717, 1.165) is 5.92 Å². The second-order valence-electron chi connectivity index (χ2n) is 26.4. The minimum absolute atomic E-state index is 0.0382. The minimum atomic E-state index is -0.127. The molecular weight excluding hydrogens is 1010 g/mol. The molecule has 2 aliphatic heterocycles. The van der Waals surface area contributed by atoms with Crippen molar-refractivity contribution in [1.82, 2.24) is 0 Å². The van der Waals surface area contributed by atoms with Gasteiger partial charge in [0.2, 0.25) is 0 Å². The highest BCUT2D eigenvalue weighted by Gasteiger charge is 2.47. The second-order valence-corrected chi connectivity index (χ2v) is 26.4. The second kappa shape index (κ2) is 20.5. The van der Waals surface area contributed by atoms with Crippen molar-refractivity contribution in [1.29, 1.82) is 0 Å². The Morgan fingerprint density at radius 2 is 0.702 bits per heavy atom. The van der Waals surface area contributed by atoms with Crippen LogP contribution in [0.3, 0.4) is 0 Å². The van der Waals surface area contributed by atoms with Gasteiger partial charge in [-0.15, -0.1) is 0 Å². The Labute approximate surface area is 498 Å². The van der Waals surface area contributed by atoms with Gasteiger partial charge in [0.25, 0.3) is 6.71 Å². The average Bonchev–Trinajstić information content (AvgIpc) is 2.10. The molecule has 2 heterocycles. The molecule has 2 bridgehead atoms. The lowest BCUT2D eigenvalue weighted by molar-refractivity contribution is 0.420. The zero-order chi connectivity index (χ0) is 56.8. The molecule has 408 valence electrons. The van der Waals surface area contributed by atoms with E-state index in [1.807, 2.05) is 0 Å². The third-order valence-corrected chi connectivity index (χ3v) is 19.3. The van der Waals surface area contributed by atoms with E-state index < -0.39 is 0 Å². The predicted octanol–water partition coefficient (Wildman–Crippen LogP) is 20.3. The highest BCUT2D eigenvalue weighted by atomic mass is 15.2. The van der Waals surface area contributed by atoms with Gasteiger partial charge in [-0.25, -0.2) is 0 Å². The molecule has 4 aliphatic rings. The van der Waals surface area contributed by atoms with Crippen LogP contribution in [0.4, 0.5) is 34.1 Å². The molecule has 0 N–H and O–H groups in total. The predicted molar refractivity (Wildman–Crippen MR) is 359 cm³/mol. The molecule has 1 unspecified atom stereocenters. The largest absolute Gasteiger partial charge is 0.310 e. The van der Waals surface area contributed by atoms with Crippen LogP contribution in [0.5, 0.6) is 0 Å². The van der Waals surface area contributed by atoms with Crippen LogP contribution >= 0.6 is 0 Å². The Balaban J connectivity index is 1.10. The van der Waals surface area contributed by atoms with Crippen molar-refractivity contribution in [3.8, 4) is 66.8 Å². The summed E-state index contributed by atoms with van der Waals surface area (Å²) in [4.78, 5) is 5.47. The van der Waals surface area contributed by atoms with E-state index in [1.54, 1.807) is 0 Å². The summed E-state index contributed by atoms with van der Waals surface area (Å²) < 4.78 is 0. The number of para-hydroxylation sites is 2. The van der Waals surface area contributed by atoms with E-state index in [2.05, 4.69) is 306 Å².